The molecule has 0 spiro atoms. The van der Waals surface area contributed by atoms with Gasteiger partial charge in [-0.05, 0) is 12.1 Å². The maximum atomic E-state index is 13.0. The van der Waals surface area contributed by atoms with Gasteiger partial charge in [0.25, 0.3) is 0 Å². The van der Waals surface area contributed by atoms with Crippen LogP contribution < -0.4 is 0 Å². The van der Waals surface area contributed by atoms with E-state index in [-0.39, 0.29) is 5.56 Å². The number of carbonyl (C=O) groups is 1. The average Bonchev–Trinajstić information content (AvgIpc) is 2.10. The summed E-state index contributed by atoms with van der Waals surface area (Å²) >= 11 is 0. The van der Waals surface area contributed by atoms with Gasteiger partial charge in [0.05, 0.1) is 11.3 Å². The van der Waals surface area contributed by atoms with Crippen LogP contribution in [-0.4, -0.2) is 16.0 Å². The van der Waals surface area contributed by atoms with Crippen LogP contribution in [0.2, 0.25) is 0 Å². The fraction of sp³-hybridized carbons (Fsp3) is 0.125. The smallest absolute Gasteiger partial charge is 0.311 e. The SMILES string of the molecule is O=C(O)Cc1ccc(F)c(F)c1[N+](=O)[O-]. The maximum absolute atomic E-state index is 13.0. The average molecular weight is 217 g/mol. The van der Waals surface area contributed by atoms with Crippen molar-refractivity contribution in [3.63, 3.8) is 0 Å². The molecule has 0 atom stereocenters. The van der Waals surface area contributed by atoms with Gasteiger partial charge >= 0.3 is 11.7 Å². The van der Waals surface area contributed by atoms with Crippen molar-refractivity contribution in [2.45, 2.75) is 6.42 Å². The van der Waals surface area contributed by atoms with Crippen LogP contribution in [0.15, 0.2) is 12.1 Å². The summed E-state index contributed by atoms with van der Waals surface area (Å²) in [5, 5.41) is 18.8. The fourth-order valence-corrected chi connectivity index (χ4v) is 1.08. The normalized spacial score (nSPS) is 10.0. The standard InChI is InChI=1S/C8H5F2NO4/c9-5-2-1-4(3-6(12)13)8(7(5)10)11(14)15/h1-2H,3H2,(H,12,13). The lowest BCUT2D eigenvalue weighted by atomic mass is 10.1. The Labute approximate surface area is 82.1 Å². The zero-order valence-electron chi connectivity index (χ0n) is 7.24. The molecule has 0 aliphatic rings. The Kier molecular flexibility index (Phi) is 2.93. The number of benzene rings is 1. The lowest BCUT2D eigenvalue weighted by molar-refractivity contribution is -0.388. The lowest BCUT2D eigenvalue weighted by Crippen LogP contribution is -2.06. The molecule has 0 heterocycles. The zero-order chi connectivity index (χ0) is 11.6. The van der Waals surface area contributed by atoms with Crippen LogP contribution in [0.1, 0.15) is 5.56 Å². The third kappa shape index (κ3) is 2.25. The molecule has 0 amide bonds. The highest BCUT2D eigenvalue weighted by Gasteiger charge is 2.24. The van der Waals surface area contributed by atoms with Gasteiger partial charge in [0.1, 0.15) is 0 Å². The topological polar surface area (TPSA) is 80.4 Å². The van der Waals surface area contributed by atoms with Gasteiger partial charge in [0.15, 0.2) is 5.82 Å². The van der Waals surface area contributed by atoms with Crippen molar-refractivity contribution < 1.29 is 23.6 Å². The van der Waals surface area contributed by atoms with E-state index in [1.54, 1.807) is 0 Å². The van der Waals surface area contributed by atoms with E-state index >= 15 is 0 Å². The number of rotatable bonds is 3. The fourth-order valence-electron chi connectivity index (χ4n) is 1.08. The van der Waals surface area contributed by atoms with E-state index in [0.717, 1.165) is 6.07 Å². The van der Waals surface area contributed by atoms with Crippen LogP contribution in [0, 0.1) is 21.7 Å². The Morgan fingerprint density at radius 1 is 1.47 bits per heavy atom. The summed E-state index contributed by atoms with van der Waals surface area (Å²) in [5.74, 6) is -4.38. The predicted molar refractivity (Wildman–Crippen MR) is 44.4 cm³/mol. The molecule has 0 aliphatic carbocycles. The minimum atomic E-state index is -1.64. The molecule has 0 radical (unpaired) electrons. The molecular formula is C8H5F2NO4. The molecule has 1 N–H and O–H groups in total. The molecule has 0 saturated heterocycles. The summed E-state index contributed by atoms with van der Waals surface area (Å²) in [6.45, 7) is 0. The van der Waals surface area contributed by atoms with Gasteiger partial charge in [-0.15, -0.1) is 0 Å². The first-order valence-electron chi connectivity index (χ1n) is 3.76. The van der Waals surface area contributed by atoms with Gasteiger partial charge in [0, 0.05) is 5.56 Å². The molecule has 0 aliphatic heterocycles. The van der Waals surface area contributed by atoms with E-state index in [1.165, 1.54) is 0 Å². The Morgan fingerprint density at radius 3 is 2.53 bits per heavy atom. The second-order valence-electron chi connectivity index (χ2n) is 2.70. The number of nitrogens with zero attached hydrogens (tertiary/aromatic N) is 1. The van der Waals surface area contributed by atoms with Crippen molar-refractivity contribution in [3.05, 3.63) is 39.4 Å². The summed E-state index contributed by atoms with van der Waals surface area (Å²) in [6.07, 6.45) is -0.729. The molecule has 0 fully saturated rings. The van der Waals surface area contributed by atoms with E-state index in [2.05, 4.69) is 0 Å². The second kappa shape index (κ2) is 3.99. The Hall–Kier alpha value is -2.05. The highest BCUT2D eigenvalue weighted by molar-refractivity contribution is 5.72. The number of aliphatic carboxylic acids is 1. The summed E-state index contributed by atoms with van der Waals surface area (Å²) in [4.78, 5) is 19.5. The van der Waals surface area contributed by atoms with E-state index in [1.807, 2.05) is 0 Å². The molecule has 15 heavy (non-hydrogen) atoms. The van der Waals surface area contributed by atoms with Crippen LogP contribution in [0.4, 0.5) is 14.5 Å². The summed E-state index contributed by atoms with van der Waals surface area (Å²) in [6, 6.07) is 1.53. The highest BCUT2D eigenvalue weighted by atomic mass is 19.2. The second-order valence-corrected chi connectivity index (χ2v) is 2.70. The van der Waals surface area contributed by atoms with Gasteiger partial charge in [-0.1, -0.05) is 0 Å². The van der Waals surface area contributed by atoms with Crippen molar-refractivity contribution in [1.29, 1.82) is 0 Å². The molecule has 1 rings (SSSR count). The molecule has 0 bridgehead atoms. The zero-order valence-corrected chi connectivity index (χ0v) is 7.24. The van der Waals surface area contributed by atoms with Crippen LogP contribution >= 0.6 is 0 Å². The third-order valence-corrected chi connectivity index (χ3v) is 1.68. The Balaban J connectivity index is 3.33. The Bertz CT molecular complexity index is 433. The molecule has 1 aromatic rings. The number of hydrogen-bond acceptors (Lipinski definition) is 3. The highest BCUT2D eigenvalue weighted by Crippen LogP contribution is 2.25. The predicted octanol–water partition coefficient (Wildman–Crippen LogP) is 1.50. The maximum Gasteiger partial charge on any atom is 0.311 e. The Morgan fingerprint density at radius 2 is 2.07 bits per heavy atom. The van der Waals surface area contributed by atoms with Gasteiger partial charge in [0.2, 0.25) is 5.82 Å². The number of hydrogen-bond donors (Lipinski definition) is 1. The van der Waals surface area contributed by atoms with Gasteiger partial charge < -0.3 is 5.11 Å². The largest absolute Gasteiger partial charge is 0.481 e. The van der Waals surface area contributed by atoms with Crippen molar-refractivity contribution in [2.75, 3.05) is 0 Å². The number of nitro groups is 1. The van der Waals surface area contributed by atoms with Crippen LogP contribution in [-0.2, 0) is 11.2 Å². The number of halogens is 2. The number of carboxylic acids is 1. The summed E-state index contributed by atoms with van der Waals surface area (Å²) in [5.41, 5.74) is -1.50. The van der Waals surface area contributed by atoms with Crippen LogP contribution in [0.25, 0.3) is 0 Å². The van der Waals surface area contributed by atoms with Crippen LogP contribution in [0.5, 0.6) is 0 Å². The third-order valence-electron chi connectivity index (χ3n) is 1.68. The van der Waals surface area contributed by atoms with Gasteiger partial charge in [-0.2, -0.15) is 4.39 Å². The minimum absolute atomic E-state index is 0.369. The van der Waals surface area contributed by atoms with Gasteiger partial charge in [-0.25, -0.2) is 4.39 Å². The van der Waals surface area contributed by atoms with E-state index in [4.69, 9.17) is 5.11 Å². The van der Waals surface area contributed by atoms with Crippen LogP contribution in [0.3, 0.4) is 0 Å². The first kappa shape index (κ1) is 11.0. The first-order valence-corrected chi connectivity index (χ1v) is 3.76. The summed E-state index contributed by atoms with van der Waals surface area (Å²) < 4.78 is 25.6. The molecule has 0 unspecified atom stereocenters. The molecular weight excluding hydrogens is 212 g/mol. The lowest BCUT2D eigenvalue weighted by Gasteiger charge is -2.01. The van der Waals surface area contributed by atoms with Gasteiger partial charge in [-0.3, -0.25) is 14.9 Å². The molecule has 80 valence electrons. The number of carboxylic acid groups (broad SMARTS) is 1. The van der Waals surface area contributed by atoms with Crippen molar-refractivity contribution >= 4 is 11.7 Å². The van der Waals surface area contributed by atoms with E-state index in [9.17, 15) is 23.7 Å². The quantitative estimate of drug-likeness (QED) is 0.614. The molecule has 0 saturated carbocycles. The number of nitro benzene ring substituents is 1. The van der Waals surface area contributed by atoms with Crippen molar-refractivity contribution in [3.8, 4) is 0 Å². The molecule has 5 nitrogen and oxygen atoms in total. The molecule has 1 aromatic carbocycles. The monoisotopic (exact) mass is 217 g/mol. The summed E-state index contributed by atoms with van der Waals surface area (Å²) in [7, 11) is 0. The molecule has 0 aromatic heterocycles. The van der Waals surface area contributed by atoms with E-state index in [0.29, 0.717) is 6.07 Å². The van der Waals surface area contributed by atoms with Crippen molar-refractivity contribution in [1.82, 2.24) is 0 Å². The van der Waals surface area contributed by atoms with Crippen molar-refractivity contribution in [2.24, 2.45) is 0 Å². The minimum Gasteiger partial charge on any atom is -0.481 e. The molecule has 7 heteroatoms. The first-order chi connectivity index (χ1) is 6.93. The van der Waals surface area contributed by atoms with E-state index < -0.39 is 34.6 Å².